The van der Waals surface area contributed by atoms with Gasteiger partial charge in [-0.2, -0.15) is 0 Å². The van der Waals surface area contributed by atoms with Crippen LogP contribution in [0, 0.1) is 0 Å². The Hall–Kier alpha value is -2.69. The number of ether oxygens (including phenoxy) is 1. The number of nitrogens with one attached hydrogen (secondary N) is 1. The molecule has 5 heteroatoms. The van der Waals surface area contributed by atoms with Crippen LogP contribution in [-0.2, 0) is 16.0 Å². The van der Waals surface area contributed by atoms with Crippen LogP contribution < -0.4 is 5.32 Å². The molecule has 22 heavy (non-hydrogen) atoms. The second-order valence-corrected chi connectivity index (χ2v) is 4.67. The number of hydrogen-bond acceptors (Lipinski definition) is 4. The van der Waals surface area contributed by atoms with Crippen molar-refractivity contribution in [3.05, 3.63) is 59.9 Å². The van der Waals surface area contributed by atoms with Crippen molar-refractivity contribution in [3.63, 3.8) is 0 Å². The van der Waals surface area contributed by atoms with Crippen molar-refractivity contribution < 1.29 is 14.3 Å². The van der Waals surface area contributed by atoms with Gasteiger partial charge in [-0.15, -0.1) is 0 Å². The fourth-order valence-corrected chi connectivity index (χ4v) is 1.92. The zero-order valence-corrected chi connectivity index (χ0v) is 12.4. The van der Waals surface area contributed by atoms with E-state index in [0.29, 0.717) is 30.7 Å². The van der Waals surface area contributed by atoms with Crippen molar-refractivity contribution in [1.29, 1.82) is 0 Å². The summed E-state index contributed by atoms with van der Waals surface area (Å²) in [5, 5.41) is 2.79. The van der Waals surface area contributed by atoms with E-state index < -0.39 is 0 Å². The number of nitrogens with zero attached hydrogens (tertiary/aromatic N) is 1. The third kappa shape index (κ3) is 4.70. The van der Waals surface area contributed by atoms with Crippen LogP contribution in [0.3, 0.4) is 0 Å². The summed E-state index contributed by atoms with van der Waals surface area (Å²) in [6.45, 7) is 2.10. The molecular weight excluding hydrogens is 280 g/mol. The lowest BCUT2D eigenvalue weighted by Crippen LogP contribution is -2.13. The molecule has 1 N–H and O–H groups in total. The van der Waals surface area contributed by atoms with Crippen LogP contribution in [0.15, 0.2) is 48.7 Å². The van der Waals surface area contributed by atoms with Crippen LogP contribution in [0.25, 0.3) is 0 Å². The minimum absolute atomic E-state index is 0.0884. The number of hydrogen-bond donors (Lipinski definition) is 1. The molecule has 2 aromatic rings. The van der Waals surface area contributed by atoms with Gasteiger partial charge in [0, 0.05) is 24.0 Å². The molecule has 1 aromatic heterocycles. The molecule has 0 saturated heterocycles. The molecule has 2 rings (SSSR count). The van der Waals surface area contributed by atoms with Gasteiger partial charge in [0.1, 0.15) is 0 Å². The minimum Gasteiger partial charge on any atom is -0.462 e. The standard InChI is InChI=1S/C17H18N2O3/c1-2-22-17(21)13-6-8-15(9-7-13)19-16(20)11-10-14-5-3-4-12-18-14/h3-9,12H,2,10-11H2,1H3,(H,19,20). The van der Waals surface area contributed by atoms with Crippen LogP contribution in [-0.4, -0.2) is 23.5 Å². The van der Waals surface area contributed by atoms with Gasteiger partial charge in [0.05, 0.1) is 12.2 Å². The zero-order valence-electron chi connectivity index (χ0n) is 12.4. The van der Waals surface area contributed by atoms with Crippen LogP contribution in [0.1, 0.15) is 29.4 Å². The van der Waals surface area contributed by atoms with Crippen molar-refractivity contribution in [2.45, 2.75) is 19.8 Å². The van der Waals surface area contributed by atoms with Crippen LogP contribution in [0.2, 0.25) is 0 Å². The molecular formula is C17H18N2O3. The van der Waals surface area contributed by atoms with E-state index in [9.17, 15) is 9.59 Å². The van der Waals surface area contributed by atoms with Crippen molar-refractivity contribution in [2.24, 2.45) is 0 Å². The van der Waals surface area contributed by atoms with E-state index in [-0.39, 0.29) is 11.9 Å². The highest BCUT2D eigenvalue weighted by atomic mass is 16.5. The monoisotopic (exact) mass is 298 g/mol. The number of carbonyl (C=O) groups excluding carboxylic acids is 2. The molecule has 0 aliphatic carbocycles. The summed E-state index contributed by atoms with van der Waals surface area (Å²) in [5.74, 6) is -0.454. The Morgan fingerprint density at radius 3 is 2.55 bits per heavy atom. The van der Waals surface area contributed by atoms with Gasteiger partial charge in [0.15, 0.2) is 0 Å². The van der Waals surface area contributed by atoms with Gasteiger partial charge in [0.25, 0.3) is 0 Å². The molecule has 1 aromatic carbocycles. The number of carbonyl (C=O) groups is 2. The lowest BCUT2D eigenvalue weighted by Gasteiger charge is -2.06. The van der Waals surface area contributed by atoms with Gasteiger partial charge in [-0.05, 0) is 49.7 Å². The van der Waals surface area contributed by atoms with Crippen molar-refractivity contribution in [3.8, 4) is 0 Å². The summed E-state index contributed by atoms with van der Waals surface area (Å²) >= 11 is 0. The number of benzene rings is 1. The molecule has 0 aliphatic rings. The number of anilines is 1. The first-order valence-electron chi connectivity index (χ1n) is 7.16. The number of aryl methyl sites for hydroxylation is 1. The molecule has 5 nitrogen and oxygen atoms in total. The van der Waals surface area contributed by atoms with Gasteiger partial charge >= 0.3 is 5.97 Å². The van der Waals surface area contributed by atoms with E-state index in [0.717, 1.165) is 5.69 Å². The number of esters is 1. The molecule has 0 saturated carbocycles. The van der Waals surface area contributed by atoms with Crippen molar-refractivity contribution >= 4 is 17.6 Å². The largest absolute Gasteiger partial charge is 0.462 e. The Kier molecular flexibility index (Phi) is 5.65. The van der Waals surface area contributed by atoms with Crippen LogP contribution in [0.4, 0.5) is 5.69 Å². The van der Waals surface area contributed by atoms with Crippen LogP contribution >= 0.6 is 0 Å². The van der Waals surface area contributed by atoms with E-state index in [2.05, 4.69) is 10.3 Å². The molecule has 1 amide bonds. The minimum atomic E-state index is -0.365. The van der Waals surface area contributed by atoms with E-state index in [1.807, 2.05) is 18.2 Å². The van der Waals surface area contributed by atoms with E-state index in [1.165, 1.54) is 0 Å². The zero-order chi connectivity index (χ0) is 15.8. The van der Waals surface area contributed by atoms with E-state index in [4.69, 9.17) is 4.74 Å². The summed E-state index contributed by atoms with van der Waals surface area (Å²) in [5.41, 5.74) is 2.00. The van der Waals surface area contributed by atoms with Crippen molar-refractivity contribution in [1.82, 2.24) is 4.98 Å². The normalized spacial score (nSPS) is 10.0. The topological polar surface area (TPSA) is 68.3 Å². The predicted molar refractivity (Wildman–Crippen MR) is 83.6 cm³/mol. The first-order valence-corrected chi connectivity index (χ1v) is 7.16. The molecule has 0 bridgehead atoms. The smallest absolute Gasteiger partial charge is 0.338 e. The highest BCUT2D eigenvalue weighted by Gasteiger charge is 2.07. The SMILES string of the molecule is CCOC(=O)c1ccc(NC(=O)CCc2ccccn2)cc1. The first kappa shape index (κ1) is 15.7. The molecule has 0 atom stereocenters. The molecule has 1 heterocycles. The second kappa shape index (κ2) is 7.93. The van der Waals surface area contributed by atoms with Gasteiger partial charge in [-0.3, -0.25) is 9.78 Å². The summed E-state index contributed by atoms with van der Waals surface area (Å²) in [6, 6.07) is 12.3. The quantitative estimate of drug-likeness (QED) is 0.833. The Labute approximate surface area is 129 Å². The third-order valence-electron chi connectivity index (χ3n) is 3.01. The number of rotatable bonds is 6. The maximum atomic E-state index is 11.9. The Morgan fingerprint density at radius 1 is 1.14 bits per heavy atom. The number of pyridine rings is 1. The molecule has 114 valence electrons. The summed E-state index contributed by atoms with van der Waals surface area (Å²) in [6.07, 6.45) is 2.66. The van der Waals surface area contributed by atoms with Gasteiger partial charge in [-0.1, -0.05) is 6.07 Å². The highest BCUT2D eigenvalue weighted by Crippen LogP contribution is 2.11. The molecule has 0 unspecified atom stereocenters. The molecule has 0 spiro atoms. The maximum absolute atomic E-state index is 11.9. The Bertz CT molecular complexity index is 624. The van der Waals surface area contributed by atoms with Gasteiger partial charge < -0.3 is 10.1 Å². The van der Waals surface area contributed by atoms with Gasteiger partial charge in [-0.25, -0.2) is 4.79 Å². The molecule has 0 radical (unpaired) electrons. The fraction of sp³-hybridized carbons (Fsp3) is 0.235. The lowest BCUT2D eigenvalue weighted by molar-refractivity contribution is -0.116. The first-order chi connectivity index (χ1) is 10.7. The summed E-state index contributed by atoms with van der Waals surface area (Å²) in [4.78, 5) is 27.6. The number of amides is 1. The summed E-state index contributed by atoms with van der Waals surface area (Å²) in [7, 11) is 0. The van der Waals surface area contributed by atoms with E-state index in [1.54, 1.807) is 37.4 Å². The summed E-state index contributed by atoms with van der Waals surface area (Å²) < 4.78 is 4.90. The number of aromatic nitrogens is 1. The third-order valence-corrected chi connectivity index (χ3v) is 3.01. The predicted octanol–water partition coefficient (Wildman–Crippen LogP) is 2.83. The van der Waals surface area contributed by atoms with Gasteiger partial charge in [0.2, 0.25) is 5.91 Å². The van der Waals surface area contributed by atoms with E-state index >= 15 is 0 Å². The lowest BCUT2D eigenvalue weighted by atomic mass is 10.2. The second-order valence-electron chi connectivity index (χ2n) is 4.67. The average molecular weight is 298 g/mol. The fourth-order valence-electron chi connectivity index (χ4n) is 1.92. The highest BCUT2D eigenvalue weighted by molar-refractivity contribution is 5.93. The molecule has 0 fully saturated rings. The van der Waals surface area contributed by atoms with Crippen LogP contribution in [0.5, 0.6) is 0 Å². The Morgan fingerprint density at radius 2 is 1.91 bits per heavy atom. The average Bonchev–Trinajstić information content (AvgIpc) is 2.55. The Balaban J connectivity index is 1.85. The van der Waals surface area contributed by atoms with Crippen molar-refractivity contribution in [2.75, 3.05) is 11.9 Å². The maximum Gasteiger partial charge on any atom is 0.338 e. The molecule has 0 aliphatic heterocycles.